The maximum absolute atomic E-state index is 13.4. The number of carbonyl (C=O) groups is 3. The molecule has 3 heterocycles. The van der Waals surface area contributed by atoms with E-state index in [1.54, 1.807) is 22.9 Å². The fraction of sp³-hybridized carbons (Fsp3) is 0.545. The number of amides is 3. The molecule has 0 aliphatic carbocycles. The smallest absolute Gasteiger partial charge is 0.408 e. The highest BCUT2D eigenvalue weighted by molar-refractivity contribution is 5.94. The number of alkyl carbamates (subject to hydrolysis) is 1. The van der Waals surface area contributed by atoms with Gasteiger partial charge in [-0.1, -0.05) is 12.7 Å². The van der Waals surface area contributed by atoms with Crippen LogP contribution < -0.4 is 15.8 Å². The van der Waals surface area contributed by atoms with Crippen molar-refractivity contribution in [3.63, 3.8) is 0 Å². The second-order valence-corrected chi connectivity index (χ2v) is 8.17. The van der Waals surface area contributed by atoms with Crippen LogP contribution in [0.2, 0.25) is 0 Å². The van der Waals surface area contributed by atoms with Gasteiger partial charge in [0.2, 0.25) is 5.91 Å². The molecule has 1 saturated heterocycles. The van der Waals surface area contributed by atoms with Crippen molar-refractivity contribution in [2.24, 2.45) is 5.73 Å². The zero-order chi connectivity index (χ0) is 23.1. The van der Waals surface area contributed by atoms with Gasteiger partial charge >= 0.3 is 6.09 Å². The van der Waals surface area contributed by atoms with Crippen LogP contribution in [0.3, 0.4) is 0 Å². The fourth-order valence-electron chi connectivity index (χ4n) is 3.98. The molecule has 0 saturated carbocycles. The maximum Gasteiger partial charge on any atom is 0.408 e. The van der Waals surface area contributed by atoms with E-state index in [2.05, 4.69) is 16.9 Å². The summed E-state index contributed by atoms with van der Waals surface area (Å²) in [5, 5.41) is 2.68. The first kappa shape index (κ1) is 23.5. The zero-order valence-electron chi connectivity index (χ0n) is 18.4. The highest BCUT2D eigenvalue weighted by atomic mass is 16.5. The minimum absolute atomic E-state index is 0.0528. The summed E-state index contributed by atoms with van der Waals surface area (Å²) < 4.78 is 10.9. The van der Waals surface area contributed by atoms with E-state index in [0.717, 1.165) is 0 Å². The molecule has 3 N–H and O–H groups in total. The lowest BCUT2D eigenvalue weighted by atomic mass is 10.1. The van der Waals surface area contributed by atoms with Crippen molar-refractivity contribution in [2.45, 2.75) is 43.8 Å². The zero-order valence-corrected chi connectivity index (χ0v) is 18.4. The van der Waals surface area contributed by atoms with Crippen molar-refractivity contribution in [3.8, 4) is 5.75 Å². The number of nitrogens with one attached hydrogen (secondary N) is 1. The Hall–Kier alpha value is -3.14. The van der Waals surface area contributed by atoms with Crippen LogP contribution in [0.4, 0.5) is 4.79 Å². The van der Waals surface area contributed by atoms with Crippen LogP contribution in [-0.2, 0) is 9.53 Å². The summed E-state index contributed by atoms with van der Waals surface area (Å²) in [5.74, 6) is 0.0871. The molecule has 10 heteroatoms. The van der Waals surface area contributed by atoms with Gasteiger partial charge < -0.3 is 30.3 Å². The average molecular weight is 446 g/mol. The molecule has 32 heavy (non-hydrogen) atoms. The Morgan fingerprint density at radius 2 is 2.22 bits per heavy atom. The average Bonchev–Trinajstić information content (AvgIpc) is 3.17. The minimum atomic E-state index is -0.756. The SMILES string of the molecule is C=CCOC(=O)N[C@H]1CCCCN(C)C(=O)c2cncc(c2)OC[C@@H]2C[C@H](N)CN2C1=O. The predicted molar refractivity (Wildman–Crippen MR) is 117 cm³/mol. The number of hydrogen-bond acceptors (Lipinski definition) is 7. The Balaban J connectivity index is 1.81. The largest absolute Gasteiger partial charge is 0.490 e. The maximum atomic E-state index is 13.4. The van der Waals surface area contributed by atoms with Crippen molar-refractivity contribution in [1.29, 1.82) is 0 Å². The van der Waals surface area contributed by atoms with Gasteiger partial charge in [0.1, 0.15) is 25.0 Å². The highest BCUT2D eigenvalue weighted by Crippen LogP contribution is 2.22. The van der Waals surface area contributed by atoms with Gasteiger partial charge in [0.25, 0.3) is 5.91 Å². The number of rotatable bonds is 3. The van der Waals surface area contributed by atoms with Crippen LogP contribution in [0, 0.1) is 0 Å². The van der Waals surface area contributed by atoms with Crippen LogP contribution in [0.1, 0.15) is 36.0 Å². The molecule has 0 unspecified atom stereocenters. The Kier molecular flexibility index (Phi) is 8.04. The normalized spacial score (nSPS) is 24.6. The van der Waals surface area contributed by atoms with E-state index >= 15 is 0 Å². The summed E-state index contributed by atoms with van der Waals surface area (Å²) >= 11 is 0. The number of nitrogens with two attached hydrogens (primary N) is 1. The van der Waals surface area contributed by atoms with Gasteiger partial charge in [-0.15, -0.1) is 0 Å². The van der Waals surface area contributed by atoms with E-state index in [1.807, 2.05) is 0 Å². The number of carbonyl (C=O) groups excluding carboxylic acids is 3. The number of ether oxygens (including phenoxy) is 2. The van der Waals surface area contributed by atoms with Gasteiger partial charge in [0.05, 0.1) is 17.8 Å². The molecule has 2 aliphatic rings. The lowest BCUT2D eigenvalue weighted by Crippen LogP contribution is -2.51. The lowest BCUT2D eigenvalue weighted by Gasteiger charge is -2.29. The minimum Gasteiger partial charge on any atom is -0.490 e. The van der Waals surface area contributed by atoms with Crippen LogP contribution in [0.15, 0.2) is 31.1 Å². The number of aromatic nitrogens is 1. The molecule has 3 rings (SSSR count). The summed E-state index contributed by atoms with van der Waals surface area (Å²) in [4.78, 5) is 45.6. The standard InChI is InChI=1S/C22H31N5O5/c1-3-8-31-22(30)25-19-6-4-5-7-26(2)20(28)15-9-18(12-24-11-15)32-14-17-10-16(23)13-27(17)21(19)29/h3,9,11-12,16-17,19H,1,4-8,10,13-14,23H2,2H3,(H,25,30)/t16-,17-,19-/m0/s1. The molecule has 3 atom stereocenters. The Morgan fingerprint density at radius 1 is 1.41 bits per heavy atom. The van der Waals surface area contributed by atoms with Gasteiger partial charge in [-0.25, -0.2) is 4.79 Å². The third-order valence-electron chi connectivity index (χ3n) is 5.64. The van der Waals surface area contributed by atoms with Crippen molar-refractivity contribution in [2.75, 3.05) is 33.4 Å². The van der Waals surface area contributed by atoms with Crippen molar-refractivity contribution in [3.05, 3.63) is 36.7 Å². The predicted octanol–water partition coefficient (Wildman–Crippen LogP) is 0.925. The third-order valence-corrected chi connectivity index (χ3v) is 5.64. The van der Waals surface area contributed by atoms with Crippen LogP contribution in [-0.4, -0.2) is 84.2 Å². The molecular formula is C22H31N5O5. The van der Waals surface area contributed by atoms with E-state index < -0.39 is 12.1 Å². The first-order valence-corrected chi connectivity index (χ1v) is 10.8. The summed E-state index contributed by atoms with van der Waals surface area (Å²) in [7, 11) is 1.72. The summed E-state index contributed by atoms with van der Waals surface area (Å²) in [6, 6.07) is 0.471. The second kappa shape index (κ2) is 10.9. The van der Waals surface area contributed by atoms with E-state index in [4.69, 9.17) is 15.2 Å². The van der Waals surface area contributed by atoms with E-state index in [9.17, 15) is 14.4 Å². The molecule has 2 aliphatic heterocycles. The fourth-order valence-corrected chi connectivity index (χ4v) is 3.98. The Labute approximate surface area is 187 Å². The summed E-state index contributed by atoms with van der Waals surface area (Å²) in [6.45, 7) is 4.67. The molecule has 0 aromatic carbocycles. The topological polar surface area (TPSA) is 127 Å². The first-order valence-electron chi connectivity index (χ1n) is 10.8. The van der Waals surface area contributed by atoms with Crippen molar-refractivity contribution in [1.82, 2.24) is 20.1 Å². The van der Waals surface area contributed by atoms with Gasteiger partial charge in [-0.2, -0.15) is 0 Å². The molecule has 0 radical (unpaired) electrons. The molecule has 174 valence electrons. The Morgan fingerprint density at radius 3 is 3.00 bits per heavy atom. The quantitative estimate of drug-likeness (QED) is 0.663. The van der Waals surface area contributed by atoms with Crippen LogP contribution in [0.5, 0.6) is 5.75 Å². The monoisotopic (exact) mass is 445 g/mol. The molecule has 1 fully saturated rings. The molecule has 1 aromatic heterocycles. The van der Waals surface area contributed by atoms with Gasteiger partial charge in [0.15, 0.2) is 0 Å². The van der Waals surface area contributed by atoms with Crippen LogP contribution in [0.25, 0.3) is 0 Å². The Bertz CT molecular complexity index is 848. The number of hydrogen-bond donors (Lipinski definition) is 2. The molecule has 10 nitrogen and oxygen atoms in total. The van der Waals surface area contributed by atoms with Gasteiger partial charge in [-0.3, -0.25) is 14.6 Å². The van der Waals surface area contributed by atoms with Crippen LogP contribution >= 0.6 is 0 Å². The second-order valence-electron chi connectivity index (χ2n) is 8.17. The van der Waals surface area contributed by atoms with E-state index in [-0.39, 0.29) is 37.1 Å². The first-order chi connectivity index (χ1) is 15.4. The van der Waals surface area contributed by atoms with E-state index in [1.165, 1.54) is 18.5 Å². The molecule has 1 aromatic rings. The number of nitrogens with zero attached hydrogens (tertiary/aromatic N) is 3. The van der Waals surface area contributed by atoms with Crippen molar-refractivity contribution < 1.29 is 23.9 Å². The number of fused-ring (bicyclic) bond motifs is 3. The van der Waals surface area contributed by atoms with Gasteiger partial charge in [-0.05, 0) is 31.7 Å². The molecule has 3 amide bonds. The number of pyridine rings is 1. The lowest BCUT2D eigenvalue weighted by molar-refractivity contribution is -0.135. The molecule has 0 spiro atoms. The van der Waals surface area contributed by atoms with Crippen molar-refractivity contribution >= 4 is 17.9 Å². The molecular weight excluding hydrogens is 414 g/mol. The summed E-state index contributed by atoms with van der Waals surface area (Å²) in [5.41, 5.74) is 6.59. The highest BCUT2D eigenvalue weighted by Gasteiger charge is 2.37. The van der Waals surface area contributed by atoms with E-state index in [0.29, 0.717) is 50.1 Å². The molecule has 2 bridgehead atoms. The van der Waals surface area contributed by atoms with Gasteiger partial charge in [0, 0.05) is 32.4 Å². The third kappa shape index (κ3) is 5.97. The summed E-state index contributed by atoms with van der Waals surface area (Å²) in [6.07, 6.45) is 6.13.